The van der Waals surface area contributed by atoms with Crippen molar-refractivity contribution in [2.24, 2.45) is 40.4 Å². The van der Waals surface area contributed by atoms with Crippen LogP contribution in [0, 0.1) is 40.4 Å². The second kappa shape index (κ2) is 13.5. The van der Waals surface area contributed by atoms with Crippen molar-refractivity contribution in [3.63, 3.8) is 0 Å². The van der Waals surface area contributed by atoms with Crippen LogP contribution in [0.3, 0.4) is 0 Å². The second-order valence-corrected chi connectivity index (χ2v) is 13.5. The maximum Gasteiger partial charge on any atom is 0.137 e. The number of aliphatic hydroxyl groups excluding tert-OH is 1. The van der Waals surface area contributed by atoms with Crippen LogP contribution in [0.15, 0.2) is 18.1 Å². The van der Waals surface area contributed by atoms with Crippen molar-refractivity contribution in [2.75, 3.05) is 33.4 Å². The summed E-state index contributed by atoms with van der Waals surface area (Å²) in [7, 11) is 1.92. The van der Waals surface area contributed by atoms with Crippen LogP contribution in [-0.2, 0) is 9.47 Å². The van der Waals surface area contributed by atoms with E-state index in [1.807, 2.05) is 7.11 Å². The molecule has 0 bridgehead atoms. The molecule has 4 saturated carbocycles. The number of allylic oxidation sites excluding steroid dienone is 1. The number of fused-ring (bicyclic) bond motifs is 5. The fraction of sp³-hybridized carbons (Fsp3) is 0.909. The number of unbranched alkanes of at least 4 members (excludes halogenated alkanes) is 1. The van der Waals surface area contributed by atoms with E-state index in [1.165, 1.54) is 70.6 Å². The third-order valence-corrected chi connectivity index (χ3v) is 11.8. The van der Waals surface area contributed by atoms with E-state index in [2.05, 4.69) is 31.5 Å². The topological polar surface area (TPSA) is 50.7 Å². The average Bonchev–Trinajstić information content (AvgIpc) is 3.24. The van der Waals surface area contributed by atoms with Gasteiger partial charge in [-0.1, -0.05) is 26.2 Å². The summed E-state index contributed by atoms with van der Waals surface area (Å²) in [5.41, 5.74) is 4.19. The van der Waals surface area contributed by atoms with Crippen molar-refractivity contribution in [1.29, 1.82) is 0 Å². The number of methoxy groups -OCH3 is 1. The molecule has 4 rings (SSSR count). The van der Waals surface area contributed by atoms with Gasteiger partial charge in [0.1, 0.15) is 5.76 Å². The molecule has 0 aromatic rings. The van der Waals surface area contributed by atoms with Crippen molar-refractivity contribution in [3.8, 4) is 0 Å². The van der Waals surface area contributed by atoms with Gasteiger partial charge >= 0.3 is 0 Å². The van der Waals surface area contributed by atoms with Crippen LogP contribution in [0.5, 0.6) is 0 Å². The minimum atomic E-state index is 0.265. The van der Waals surface area contributed by atoms with Gasteiger partial charge in [-0.05, 0) is 143 Å². The van der Waals surface area contributed by atoms with Crippen LogP contribution in [0.2, 0.25) is 0 Å². The minimum absolute atomic E-state index is 0.265. The lowest BCUT2D eigenvalue weighted by atomic mass is 9.44. The third-order valence-electron chi connectivity index (χ3n) is 11.8. The SMILES string of the molecule is C=C=C(CCCC1CCC2C3CCC4C[C@H](OC)CCC4(C)C3CCC12C)OCCCCNCCCO. The molecule has 0 aromatic heterocycles. The summed E-state index contributed by atoms with van der Waals surface area (Å²) in [5, 5.41) is 12.2. The zero-order valence-electron chi connectivity index (χ0n) is 24.4. The highest BCUT2D eigenvalue weighted by Crippen LogP contribution is 2.68. The molecule has 37 heavy (non-hydrogen) atoms. The molecule has 8 atom stereocenters. The number of nitrogens with one attached hydrogen (secondary N) is 1. The van der Waals surface area contributed by atoms with E-state index in [1.54, 1.807) is 0 Å². The maximum absolute atomic E-state index is 8.84. The van der Waals surface area contributed by atoms with Crippen molar-refractivity contribution in [3.05, 3.63) is 18.1 Å². The normalized spacial score (nSPS) is 38.8. The standard InChI is InChI=1S/C33H57NO3/c1-5-27(37-23-7-6-20-34-21-9-22-35)11-8-10-25-13-15-30-29-14-12-26-24-28(36-4)16-18-33(26,3)31(29)17-19-32(25,30)2/h25-26,28-31,34-35H,1,6-24H2,2-4H3/t25?,26?,28-,29?,30?,31?,32?,33?/m1/s1. The molecule has 0 aliphatic heterocycles. The molecule has 4 fully saturated rings. The molecule has 0 heterocycles. The molecular formula is C33H57NO3. The number of aliphatic hydroxyl groups is 1. The van der Waals surface area contributed by atoms with Gasteiger partial charge in [0.05, 0.1) is 12.7 Å². The predicted octanol–water partition coefficient (Wildman–Crippen LogP) is 7.27. The van der Waals surface area contributed by atoms with Gasteiger partial charge in [0.2, 0.25) is 0 Å². The van der Waals surface area contributed by atoms with E-state index < -0.39 is 0 Å². The van der Waals surface area contributed by atoms with Gasteiger partial charge in [-0.25, -0.2) is 0 Å². The molecule has 212 valence electrons. The molecule has 4 aliphatic carbocycles. The highest BCUT2D eigenvalue weighted by Gasteiger charge is 2.59. The highest BCUT2D eigenvalue weighted by atomic mass is 16.5. The summed E-state index contributed by atoms with van der Waals surface area (Å²) < 4.78 is 11.8. The van der Waals surface area contributed by atoms with Gasteiger partial charge in [0, 0.05) is 20.1 Å². The Kier molecular flexibility index (Phi) is 10.7. The molecule has 4 nitrogen and oxygen atoms in total. The Hall–Kier alpha value is -0.800. The maximum atomic E-state index is 8.84. The van der Waals surface area contributed by atoms with Gasteiger partial charge < -0.3 is 19.9 Å². The Balaban J connectivity index is 1.21. The minimum Gasteiger partial charge on any atom is -0.490 e. The fourth-order valence-electron chi connectivity index (χ4n) is 9.61. The lowest BCUT2D eigenvalue weighted by Gasteiger charge is -2.61. The summed E-state index contributed by atoms with van der Waals surface area (Å²) in [5.74, 6) is 5.61. The average molecular weight is 516 g/mol. The van der Waals surface area contributed by atoms with Crippen LogP contribution in [0.4, 0.5) is 0 Å². The number of hydrogen-bond acceptors (Lipinski definition) is 4. The van der Waals surface area contributed by atoms with E-state index in [-0.39, 0.29) is 6.61 Å². The van der Waals surface area contributed by atoms with Crippen LogP contribution in [0.25, 0.3) is 0 Å². The quantitative estimate of drug-likeness (QED) is 0.145. The largest absolute Gasteiger partial charge is 0.490 e. The highest BCUT2D eigenvalue weighted by molar-refractivity contribution is 5.09. The summed E-state index contributed by atoms with van der Waals surface area (Å²) in [6.07, 6.45) is 19.7. The summed E-state index contributed by atoms with van der Waals surface area (Å²) in [6, 6.07) is 0. The van der Waals surface area contributed by atoms with Crippen LogP contribution >= 0.6 is 0 Å². The Morgan fingerprint density at radius 2 is 1.73 bits per heavy atom. The first-order chi connectivity index (χ1) is 18.0. The monoisotopic (exact) mass is 515 g/mol. The fourth-order valence-corrected chi connectivity index (χ4v) is 9.61. The van der Waals surface area contributed by atoms with Gasteiger partial charge in [0.25, 0.3) is 0 Å². The molecule has 4 aliphatic rings. The van der Waals surface area contributed by atoms with E-state index in [0.717, 1.165) is 80.7 Å². The van der Waals surface area contributed by atoms with Crippen LogP contribution in [0.1, 0.15) is 110 Å². The molecule has 0 radical (unpaired) electrons. The molecule has 0 amide bonds. The van der Waals surface area contributed by atoms with Gasteiger partial charge in [-0.15, -0.1) is 0 Å². The Bertz CT molecular complexity index is 763. The summed E-state index contributed by atoms with van der Waals surface area (Å²) in [4.78, 5) is 0. The lowest BCUT2D eigenvalue weighted by molar-refractivity contribution is -0.130. The Labute approximate surface area is 228 Å². The summed E-state index contributed by atoms with van der Waals surface area (Å²) in [6.45, 7) is 12.2. The number of rotatable bonds is 14. The zero-order chi connectivity index (χ0) is 26.3. The molecule has 2 N–H and O–H groups in total. The first-order valence-electron chi connectivity index (χ1n) is 15.8. The molecule has 0 saturated heterocycles. The number of hydrogen-bond donors (Lipinski definition) is 2. The molecule has 4 heteroatoms. The van der Waals surface area contributed by atoms with E-state index in [0.29, 0.717) is 16.9 Å². The molecular weight excluding hydrogens is 458 g/mol. The molecule has 0 spiro atoms. The lowest BCUT2D eigenvalue weighted by Crippen LogP contribution is -2.54. The number of ether oxygens (including phenoxy) is 2. The third kappa shape index (κ3) is 6.51. The van der Waals surface area contributed by atoms with Crippen molar-refractivity contribution >= 4 is 0 Å². The summed E-state index contributed by atoms with van der Waals surface area (Å²) >= 11 is 0. The smallest absolute Gasteiger partial charge is 0.137 e. The van der Waals surface area contributed by atoms with E-state index >= 15 is 0 Å². The Morgan fingerprint density at radius 1 is 0.946 bits per heavy atom. The first-order valence-corrected chi connectivity index (χ1v) is 15.8. The van der Waals surface area contributed by atoms with E-state index in [9.17, 15) is 0 Å². The van der Waals surface area contributed by atoms with Gasteiger partial charge in [-0.2, -0.15) is 0 Å². The van der Waals surface area contributed by atoms with Crippen molar-refractivity contribution < 1.29 is 14.6 Å². The van der Waals surface area contributed by atoms with Crippen LogP contribution < -0.4 is 5.32 Å². The van der Waals surface area contributed by atoms with E-state index in [4.69, 9.17) is 14.6 Å². The zero-order valence-corrected chi connectivity index (χ0v) is 24.4. The molecule has 7 unspecified atom stereocenters. The predicted molar refractivity (Wildman–Crippen MR) is 152 cm³/mol. The van der Waals surface area contributed by atoms with Gasteiger partial charge in [-0.3, -0.25) is 0 Å². The van der Waals surface area contributed by atoms with Crippen LogP contribution in [-0.4, -0.2) is 44.6 Å². The molecule has 0 aromatic carbocycles. The van der Waals surface area contributed by atoms with Crippen molar-refractivity contribution in [2.45, 2.75) is 116 Å². The first kappa shape index (κ1) is 29.2. The van der Waals surface area contributed by atoms with Crippen molar-refractivity contribution in [1.82, 2.24) is 5.32 Å². The Morgan fingerprint density at radius 3 is 2.51 bits per heavy atom. The second-order valence-electron chi connectivity index (χ2n) is 13.5. The van der Waals surface area contributed by atoms with Gasteiger partial charge in [0.15, 0.2) is 0 Å².